The van der Waals surface area contributed by atoms with E-state index in [0.29, 0.717) is 12.8 Å². The number of aromatic carboxylic acids is 1. The quantitative estimate of drug-likeness (QED) is 0.861. The lowest BCUT2D eigenvalue weighted by Crippen LogP contribution is -2.35. The fraction of sp³-hybridized carbons (Fsp3) is 0.533. The van der Waals surface area contributed by atoms with Gasteiger partial charge in [0.2, 0.25) is 0 Å². The smallest absolute Gasteiger partial charge is 0.419 e. The Labute approximate surface area is 120 Å². The van der Waals surface area contributed by atoms with Gasteiger partial charge < -0.3 is 14.6 Å². The molecule has 1 aromatic carbocycles. The number of carboxylic acid groups (broad SMARTS) is 1. The standard InChI is InChI=1S/C15H17F3O3/c1-14(7-3-2-4-8-14)21-12-9-10(13(19)20)5-6-11(12)15(16,17)18/h5-6,9H,2-4,7-8H2,1H3,(H,19,20)/p-1. The van der Waals surface area contributed by atoms with Gasteiger partial charge in [-0.05, 0) is 44.7 Å². The van der Waals surface area contributed by atoms with Crippen molar-refractivity contribution in [2.75, 3.05) is 0 Å². The van der Waals surface area contributed by atoms with Gasteiger partial charge in [-0.15, -0.1) is 0 Å². The Morgan fingerprint density at radius 3 is 2.38 bits per heavy atom. The average molecular weight is 301 g/mol. The summed E-state index contributed by atoms with van der Waals surface area (Å²) in [6.07, 6.45) is -0.481. The van der Waals surface area contributed by atoms with Gasteiger partial charge in [-0.25, -0.2) is 0 Å². The fourth-order valence-corrected chi connectivity index (χ4v) is 2.64. The van der Waals surface area contributed by atoms with Crippen LogP contribution in [-0.4, -0.2) is 11.6 Å². The topological polar surface area (TPSA) is 49.4 Å². The highest BCUT2D eigenvalue weighted by Gasteiger charge is 2.37. The van der Waals surface area contributed by atoms with Gasteiger partial charge in [0.15, 0.2) is 0 Å². The molecule has 2 rings (SSSR count). The normalized spacial score (nSPS) is 18.3. The van der Waals surface area contributed by atoms with E-state index >= 15 is 0 Å². The third-order valence-corrected chi connectivity index (χ3v) is 3.79. The van der Waals surface area contributed by atoms with E-state index < -0.39 is 29.1 Å². The van der Waals surface area contributed by atoms with Crippen LogP contribution in [0.25, 0.3) is 0 Å². The predicted molar refractivity (Wildman–Crippen MR) is 67.9 cm³/mol. The van der Waals surface area contributed by atoms with Gasteiger partial charge in [0.1, 0.15) is 11.4 Å². The number of carbonyl (C=O) groups excluding carboxylic acids is 1. The van der Waals surface area contributed by atoms with Gasteiger partial charge in [-0.2, -0.15) is 13.2 Å². The molecule has 1 aliphatic rings. The minimum atomic E-state index is -4.59. The molecule has 0 heterocycles. The fourth-order valence-electron chi connectivity index (χ4n) is 2.64. The highest BCUT2D eigenvalue weighted by Crippen LogP contribution is 2.40. The molecule has 0 atom stereocenters. The molecule has 1 aromatic rings. The lowest BCUT2D eigenvalue weighted by atomic mass is 9.86. The zero-order valence-corrected chi connectivity index (χ0v) is 11.6. The van der Waals surface area contributed by atoms with Crippen LogP contribution in [0.15, 0.2) is 18.2 Å². The minimum absolute atomic E-state index is 0.322. The number of alkyl halides is 3. The monoisotopic (exact) mass is 301 g/mol. The van der Waals surface area contributed by atoms with Crippen LogP contribution in [0.3, 0.4) is 0 Å². The number of rotatable bonds is 3. The van der Waals surface area contributed by atoms with Crippen LogP contribution < -0.4 is 9.84 Å². The molecule has 0 amide bonds. The van der Waals surface area contributed by atoms with Crippen molar-refractivity contribution in [3.05, 3.63) is 29.3 Å². The average Bonchev–Trinajstić information content (AvgIpc) is 2.37. The highest BCUT2D eigenvalue weighted by atomic mass is 19.4. The van der Waals surface area contributed by atoms with Crippen LogP contribution in [0.5, 0.6) is 5.75 Å². The molecule has 0 spiro atoms. The summed E-state index contributed by atoms with van der Waals surface area (Å²) < 4.78 is 44.6. The molecule has 0 N–H and O–H groups in total. The summed E-state index contributed by atoms with van der Waals surface area (Å²) >= 11 is 0. The van der Waals surface area contributed by atoms with Crippen molar-refractivity contribution < 1.29 is 27.8 Å². The summed E-state index contributed by atoms with van der Waals surface area (Å²) in [4.78, 5) is 10.8. The maximum atomic E-state index is 13.0. The van der Waals surface area contributed by atoms with Gasteiger partial charge in [0, 0.05) is 5.56 Å². The molecule has 0 bridgehead atoms. The van der Waals surface area contributed by atoms with Gasteiger partial charge in [-0.3, -0.25) is 0 Å². The van der Waals surface area contributed by atoms with E-state index in [2.05, 4.69) is 0 Å². The first-order chi connectivity index (χ1) is 9.71. The van der Waals surface area contributed by atoms with E-state index in [1.165, 1.54) is 0 Å². The first-order valence-corrected chi connectivity index (χ1v) is 6.83. The number of carbonyl (C=O) groups is 1. The number of hydrogen-bond donors (Lipinski definition) is 0. The minimum Gasteiger partial charge on any atom is -0.545 e. The van der Waals surface area contributed by atoms with Crippen molar-refractivity contribution in [1.82, 2.24) is 0 Å². The molecule has 21 heavy (non-hydrogen) atoms. The van der Waals surface area contributed by atoms with Crippen LogP contribution in [0, 0.1) is 0 Å². The first-order valence-electron chi connectivity index (χ1n) is 6.83. The summed E-state index contributed by atoms with van der Waals surface area (Å²) in [6.45, 7) is 1.76. The third kappa shape index (κ3) is 3.68. The second-order valence-corrected chi connectivity index (χ2v) is 5.61. The Morgan fingerprint density at radius 2 is 1.86 bits per heavy atom. The number of halogens is 3. The molecule has 3 nitrogen and oxygen atoms in total. The van der Waals surface area contributed by atoms with Crippen molar-refractivity contribution in [3.63, 3.8) is 0 Å². The van der Waals surface area contributed by atoms with E-state index in [9.17, 15) is 23.1 Å². The third-order valence-electron chi connectivity index (χ3n) is 3.79. The Hall–Kier alpha value is -1.72. The zero-order valence-electron chi connectivity index (χ0n) is 11.6. The van der Waals surface area contributed by atoms with Gasteiger partial charge in [0.25, 0.3) is 0 Å². The van der Waals surface area contributed by atoms with Crippen LogP contribution >= 0.6 is 0 Å². The molecule has 0 saturated heterocycles. The number of ether oxygens (including phenoxy) is 1. The number of carboxylic acids is 1. The van der Waals surface area contributed by atoms with E-state index in [1.807, 2.05) is 0 Å². The van der Waals surface area contributed by atoms with Crippen molar-refractivity contribution in [3.8, 4) is 5.75 Å². The number of benzene rings is 1. The molecule has 6 heteroatoms. The van der Waals surface area contributed by atoms with Crippen molar-refractivity contribution >= 4 is 5.97 Å². The van der Waals surface area contributed by atoms with E-state index in [1.54, 1.807) is 6.92 Å². The molecule has 0 aromatic heterocycles. The molecule has 1 fully saturated rings. The molecule has 116 valence electrons. The predicted octanol–water partition coefficient (Wildman–Crippen LogP) is 3.17. The summed E-state index contributed by atoms with van der Waals surface area (Å²) in [7, 11) is 0. The van der Waals surface area contributed by atoms with Gasteiger partial charge in [0.05, 0.1) is 11.5 Å². The van der Waals surface area contributed by atoms with Crippen molar-refractivity contribution in [1.29, 1.82) is 0 Å². The Bertz CT molecular complexity index is 531. The highest BCUT2D eigenvalue weighted by molar-refractivity contribution is 5.86. The first kappa shape index (κ1) is 15.7. The molecular formula is C15H16F3O3-. The Morgan fingerprint density at radius 1 is 1.24 bits per heavy atom. The van der Waals surface area contributed by atoms with E-state index in [-0.39, 0.29) is 5.56 Å². The SMILES string of the molecule is CC1(Oc2cc(C(=O)[O-])ccc2C(F)(F)F)CCCCC1. The summed E-state index contributed by atoms with van der Waals surface area (Å²) in [5.41, 5.74) is -1.97. The second kappa shape index (κ2) is 5.58. The van der Waals surface area contributed by atoms with Crippen LogP contribution in [0.4, 0.5) is 13.2 Å². The zero-order chi connectivity index (χ0) is 15.7. The van der Waals surface area contributed by atoms with Gasteiger partial charge >= 0.3 is 6.18 Å². The molecule has 1 saturated carbocycles. The van der Waals surface area contributed by atoms with Crippen LogP contribution in [0.1, 0.15) is 54.9 Å². The Balaban J connectivity index is 2.38. The van der Waals surface area contributed by atoms with E-state index in [0.717, 1.165) is 37.5 Å². The lowest BCUT2D eigenvalue weighted by molar-refractivity contribution is -0.255. The molecular weight excluding hydrogens is 285 g/mol. The second-order valence-electron chi connectivity index (χ2n) is 5.61. The number of hydrogen-bond acceptors (Lipinski definition) is 3. The van der Waals surface area contributed by atoms with Crippen LogP contribution in [0.2, 0.25) is 0 Å². The van der Waals surface area contributed by atoms with Gasteiger partial charge in [-0.1, -0.05) is 12.5 Å². The van der Waals surface area contributed by atoms with Crippen molar-refractivity contribution in [2.45, 2.75) is 50.8 Å². The largest absolute Gasteiger partial charge is 0.545 e. The summed E-state index contributed by atoms with van der Waals surface area (Å²) in [5, 5.41) is 10.8. The lowest BCUT2D eigenvalue weighted by Gasteiger charge is -2.35. The van der Waals surface area contributed by atoms with E-state index in [4.69, 9.17) is 4.74 Å². The van der Waals surface area contributed by atoms with Crippen molar-refractivity contribution in [2.24, 2.45) is 0 Å². The van der Waals surface area contributed by atoms with Crippen LogP contribution in [-0.2, 0) is 6.18 Å². The maximum Gasteiger partial charge on any atom is 0.419 e. The molecule has 1 aliphatic carbocycles. The molecule has 0 unspecified atom stereocenters. The maximum absolute atomic E-state index is 13.0. The Kier molecular flexibility index (Phi) is 4.16. The molecule has 0 aliphatic heterocycles. The summed E-state index contributed by atoms with van der Waals surface area (Å²) in [6, 6.07) is 2.51. The molecule has 0 radical (unpaired) electrons. The summed E-state index contributed by atoms with van der Waals surface area (Å²) in [5.74, 6) is -1.96.